The molecule has 150 valence electrons. The Morgan fingerprint density at radius 3 is 2.71 bits per heavy atom. The molecule has 0 amide bonds. The molecular weight excluding hydrogens is 353 g/mol. The van der Waals surface area contributed by atoms with Crippen molar-refractivity contribution in [2.24, 2.45) is 5.92 Å². The molecule has 1 heterocycles. The largest absolute Gasteiger partial charge is 0.493 e. The summed E-state index contributed by atoms with van der Waals surface area (Å²) in [4.78, 5) is 1.33. The highest BCUT2D eigenvalue weighted by atomic mass is 19.1. The van der Waals surface area contributed by atoms with Crippen LogP contribution >= 0.6 is 0 Å². The number of piperidine rings is 1. The maximum atomic E-state index is 14.4. The molecule has 2 aromatic carbocycles. The summed E-state index contributed by atoms with van der Waals surface area (Å²) in [6.07, 6.45) is 4.91. The minimum absolute atomic E-state index is 0.112. The number of ether oxygens (including phenoxy) is 1. The van der Waals surface area contributed by atoms with E-state index in [-0.39, 0.29) is 17.8 Å². The lowest BCUT2D eigenvalue weighted by molar-refractivity contribution is -0.958. The lowest BCUT2D eigenvalue weighted by Crippen LogP contribution is -3.13. The van der Waals surface area contributed by atoms with Gasteiger partial charge >= 0.3 is 0 Å². The highest BCUT2D eigenvalue weighted by Gasteiger charge is 2.52. The van der Waals surface area contributed by atoms with Crippen LogP contribution in [0.1, 0.15) is 56.2 Å². The van der Waals surface area contributed by atoms with E-state index >= 15 is 0 Å². The molecule has 0 spiro atoms. The van der Waals surface area contributed by atoms with E-state index in [1.54, 1.807) is 12.1 Å². The van der Waals surface area contributed by atoms with E-state index in [0.29, 0.717) is 13.2 Å². The normalized spacial score (nSPS) is 29.9. The van der Waals surface area contributed by atoms with Gasteiger partial charge in [-0.2, -0.15) is 0 Å². The summed E-state index contributed by atoms with van der Waals surface area (Å²) in [5.41, 5.74) is 1.29. The van der Waals surface area contributed by atoms with Crippen molar-refractivity contribution in [2.45, 2.75) is 57.2 Å². The molecule has 1 saturated heterocycles. The van der Waals surface area contributed by atoms with Crippen molar-refractivity contribution in [3.63, 3.8) is 0 Å². The van der Waals surface area contributed by atoms with Gasteiger partial charge in [-0.15, -0.1) is 0 Å². The second kappa shape index (κ2) is 8.22. The summed E-state index contributed by atoms with van der Waals surface area (Å²) in [5.74, 6) is 0.936. The molecule has 2 N–H and O–H groups in total. The van der Waals surface area contributed by atoms with Crippen LogP contribution in [0.5, 0.6) is 5.75 Å². The number of fused-ring (bicyclic) bond motifs is 1. The van der Waals surface area contributed by atoms with Crippen molar-refractivity contribution in [3.05, 3.63) is 65.5 Å². The van der Waals surface area contributed by atoms with Gasteiger partial charge in [0.2, 0.25) is 0 Å². The molecule has 4 heteroatoms. The number of halogens is 1. The Labute approximate surface area is 167 Å². The van der Waals surface area contributed by atoms with Crippen molar-refractivity contribution >= 4 is 0 Å². The second-order valence-electron chi connectivity index (χ2n) is 8.33. The first-order chi connectivity index (χ1) is 13.6. The Bertz CT molecular complexity index is 811. The smallest absolute Gasteiger partial charge is 0.132 e. The third kappa shape index (κ3) is 3.68. The summed E-state index contributed by atoms with van der Waals surface area (Å²) in [6, 6.07) is 15.4. The van der Waals surface area contributed by atoms with E-state index in [0.717, 1.165) is 55.5 Å². The lowest BCUT2D eigenvalue weighted by atomic mass is 9.66. The maximum Gasteiger partial charge on any atom is 0.132 e. The monoisotopic (exact) mass is 384 g/mol. The average molecular weight is 385 g/mol. The van der Waals surface area contributed by atoms with Gasteiger partial charge in [0, 0.05) is 17.9 Å². The number of benzene rings is 2. The van der Waals surface area contributed by atoms with Crippen LogP contribution in [0.4, 0.5) is 4.39 Å². The van der Waals surface area contributed by atoms with E-state index in [1.165, 1.54) is 4.90 Å². The number of likely N-dealkylation sites (tertiary alicyclic amines) is 1. The molecule has 2 fully saturated rings. The first-order valence-corrected chi connectivity index (χ1v) is 10.6. The predicted molar refractivity (Wildman–Crippen MR) is 108 cm³/mol. The van der Waals surface area contributed by atoms with Gasteiger partial charge < -0.3 is 14.7 Å². The molecule has 1 aliphatic heterocycles. The van der Waals surface area contributed by atoms with Crippen molar-refractivity contribution in [3.8, 4) is 5.75 Å². The Morgan fingerprint density at radius 2 is 1.89 bits per heavy atom. The minimum Gasteiger partial charge on any atom is -0.493 e. The molecule has 0 radical (unpaired) electrons. The number of nitrogens with one attached hydrogen (secondary N) is 1. The highest BCUT2D eigenvalue weighted by Crippen LogP contribution is 2.45. The van der Waals surface area contributed by atoms with E-state index in [4.69, 9.17) is 4.74 Å². The van der Waals surface area contributed by atoms with Crippen LogP contribution in [0, 0.1) is 11.7 Å². The molecular formula is C24H31FNO2+. The van der Waals surface area contributed by atoms with Crippen LogP contribution in [0.15, 0.2) is 48.5 Å². The van der Waals surface area contributed by atoms with E-state index in [2.05, 4.69) is 12.1 Å². The van der Waals surface area contributed by atoms with Crippen LogP contribution in [-0.2, 0) is 6.54 Å². The fourth-order valence-electron chi connectivity index (χ4n) is 5.40. The van der Waals surface area contributed by atoms with Gasteiger partial charge in [0.05, 0.1) is 24.3 Å². The molecule has 2 aliphatic rings. The van der Waals surface area contributed by atoms with Gasteiger partial charge in [-0.1, -0.05) is 43.2 Å². The molecule has 28 heavy (non-hydrogen) atoms. The van der Waals surface area contributed by atoms with Gasteiger partial charge in [-0.25, -0.2) is 4.39 Å². The average Bonchev–Trinajstić information content (AvgIpc) is 2.70. The van der Waals surface area contributed by atoms with Crippen molar-refractivity contribution in [1.29, 1.82) is 0 Å². The zero-order chi connectivity index (χ0) is 19.6. The Kier molecular flexibility index (Phi) is 5.70. The Morgan fingerprint density at radius 1 is 1.11 bits per heavy atom. The zero-order valence-corrected chi connectivity index (χ0v) is 16.7. The maximum absolute atomic E-state index is 14.4. The number of rotatable bonds is 5. The van der Waals surface area contributed by atoms with Gasteiger partial charge in [-0.3, -0.25) is 0 Å². The Balaban J connectivity index is 1.74. The first-order valence-electron chi connectivity index (χ1n) is 10.6. The van der Waals surface area contributed by atoms with Crippen molar-refractivity contribution < 1.29 is 19.1 Å². The summed E-state index contributed by atoms with van der Waals surface area (Å²) >= 11 is 0. The topological polar surface area (TPSA) is 33.9 Å². The summed E-state index contributed by atoms with van der Waals surface area (Å²) < 4.78 is 20.4. The lowest BCUT2D eigenvalue weighted by Gasteiger charge is -2.50. The number of quaternary nitrogens is 1. The molecule has 1 aliphatic carbocycles. The van der Waals surface area contributed by atoms with Crippen LogP contribution in [0.25, 0.3) is 0 Å². The van der Waals surface area contributed by atoms with Crippen LogP contribution < -0.4 is 9.64 Å². The predicted octanol–water partition coefficient (Wildman–Crippen LogP) is 3.68. The quantitative estimate of drug-likeness (QED) is 0.825. The second-order valence-corrected chi connectivity index (χ2v) is 8.33. The number of hydrogen-bond donors (Lipinski definition) is 2. The summed E-state index contributed by atoms with van der Waals surface area (Å²) in [7, 11) is 0. The molecule has 3 nitrogen and oxygen atoms in total. The van der Waals surface area contributed by atoms with Crippen LogP contribution in [0.3, 0.4) is 0 Å². The molecule has 2 aromatic rings. The molecule has 4 atom stereocenters. The van der Waals surface area contributed by atoms with Gasteiger partial charge in [0.15, 0.2) is 0 Å². The van der Waals surface area contributed by atoms with Crippen molar-refractivity contribution in [2.75, 3.05) is 13.2 Å². The van der Waals surface area contributed by atoms with E-state index in [9.17, 15) is 9.50 Å². The minimum atomic E-state index is -0.610. The SMILES string of the molecule is CCOc1ccccc1[C@H]1[C@@H]2CCCC[C@]2(O)CC[NH+]1Cc1ccccc1F. The zero-order valence-electron chi connectivity index (χ0n) is 16.7. The van der Waals surface area contributed by atoms with Gasteiger partial charge in [-0.05, 0) is 38.0 Å². The fraction of sp³-hybridized carbons (Fsp3) is 0.500. The van der Waals surface area contributed by atoms with Crippen LogP contribution in [0.2, 0.25) is 0 Å². The van der Waals surface area contributed by atoms with Gasteiger partial charge in [0.25, 0.3) is 0 Å². The Hall–Kier alpha value is -1.91. The molecule has 1 unspecified atom stereocenters. The van der Waals surface area contributed by atoms with Crippen LogP contribution in [-0.4, -0.2) is 23.9 Å². The third-order valence-corrected chi connectivity index (χ3v) is 6.72. The summed E-state index contributed by atoms with van der Waals surface area (Å²) in [5, 5.41) is 11.5. The molecule has 4 rings (SSSR count). The van der Waals surface area contributed by atoms with Gasteiger partial charge in [0.1, 0.15) is 24.2 Å². The standard InChI is InChI=1S/C24H30FNO2/c1-2-28-22-13-6-4-10-19(22)23-20-11-7-8-14-24(20,27)15-16-26(23)17-18-9-3-5-12-21(18)25/h3-6,9-10,12-13,20,23,27H,2,7-8,11,14-17H2,1H3/p+1/t20-,23-,24-/m0/s1. The number of para-hydroxylation sites is 1. The molecule has 0 bridgehead atoms. The van der Waals surface area contributed by atoms with Crippen molar-refractivity contribution in [1.82, 2.24) is 0 Å². The fourth-order valence-corrected chi connectivity index (χ4v) is 5.40. The van der Waals surface area contributed by atoms with E-state index in [1.807, 2.05) is 31.2 Å². The molecule has 1 saturated carbocycles. The molecule has 0 aromatic heterocycles. The number of hydrogen-bond acceptors (Lipinski definition) is 2. The third-order valence-electron chi connectivity index (χ3n) is 6.72. The number of aliphatic hydroxyl groups is 1. The highest BCUT2D eigenvalue weighted by molar-refractivity contribution is 5.36. The summed E-state index contributed by atoms with van der Waals surface area (Å²) in [6.45, 7) is 4.08. The first kappa shape index (κ1) is 19.4. The van der Waals surface area contributed by atoms with E-state index < -0.39 is 5.60 Å².